The van der Waals surface area contributed by atoms with Gasteiger partial charge in [-0.05, 0) is 24.6 Å². The van der Waals surface area contributed by atoms with Crippen LogP contribution < -0.4 is 20.7 Å². The molecule has 7 nitrogen and oxygen atoms in total. The second-order valence-corrected chi connectivity index (χ2v) is 6.94. The van der Waals surface area contributed by atoms with E-state index >= 15 is 0 Å². The summed E-state index contributed by atoms with van der Waals surface area (Å²) in [5.74, 6) is -1.05. The van der Waals surface area contributed by atoms with E-state index in [-0.39, 0.29) is 37.6 Å². The lowest BCUT2D eigenvalue weighted by Crippen LogP contribution is -2.41. The highest BCUT2D eigenvalue weighted by Crippen LogP contribution is 2.36. The number of hydrogen-bond acceptors (Lipinski definition) is 5. The van der Waals surface area contributed by atoms with Gasteiger partial charge in [0.25, 0.3) is 11.4 Å². The molecule has 0 spiro atoms. The monoisotopic (exact) mass is 473 g/mol. The maximum Gasteiger partial charge on any atom is 0.431 e. The Morgan fingerprint density at radius 1 is 1.16 bits per heavy atom. The third-order valence-corrected chi connectivity index (χ3v) is 4.55. The Morgan fingerprint density at radius 3 is 2.53 bits per heavy atom. The Balaban J connectivity index is 2.13. The van der Waals surface area contributed by atoms with Crippen LogP contribution in [0.4, 0.5) is 17.6 Å². The third kappa shape index (κ3) is 4.62. The van der Waals surface area contributed by atoms with E-state index in [2.05, 4.69) is 4.98 Å². The summed E-state index contributed by atoms with van der Waals surface area (Å²) in [6.07, 6.45) is -2.80. The molecule has 0 amide bonds. The third-order valence-electron chi connectivity index (χ3n) is 4.25. The fraction of sp³-hybridized carbons (Fsp3) is 0.250. The number of pyridine rings is 1. The Bertz CT molecular complexity index is 1270. The molecule has 0 radical (unpaired) electrons. The molecule has 0 aliphatic carbocycles. The molecule has 1 aromatic carbocycles. The molecular weight excluding hydrogens is 458 g/mol. The van der Waals surface area contributed by atoms with Crippen molar-refractivity contribution in [3.8, 4) is 23.1 Å². The van der Waals surface area contributed by atoms with Gasteiger partial charge in [-0.15, -0.1) is 0 Å². The summed E-state index contributed by atoms with van der Waals surface area (Å²) >= 11 is 6.05. The molecule has 0 atom stereocenters. The summed E-state index contributed by atoms with van der Waals surface area (Å²) in [5, 5.41) is -0.215. The average molecular weight is 474 g/mol. The highest BCUT2D eigenvalue weighted by atomic mass is 35.5. The predicted molar refractivity (Wildman–Crippen MR) is 107 cm³/mol. The minimum absolute atomic E-state index is 0.119. The summed E-state index contributed by atoms with van der Waals surface area (Å²) in [5.41, 5.74) is -4.88. The molecule has 0 bridgehead atoms. The van der Waals surface area contributed by atoms with E-state index in [1.54, 1.807) is 6.07 Å². The van der Waals surface area contributed by atoms with Crippen LogP contribution in [0, 0.1) is 5.82 Å². The van der Waals surface area contributed by atoms with Gasteiger partial charge < -0.3 is 9.47 Å². The van der Waals surface area contributed by atoms with Gasteiger partial charge in [-0.2, -0.15) is 13.2 Å². The van der Waals surface area contributed by atoms with E-state index in [1.807, 2.05) is 6.92 Å². The minimum Gasteiger partial charge on any atom is -0.475 e. The Morgan fingerprint density at radius 2 is 1.88 bits per heavy atom. The van der Waals surface area contributed by atoms with E-state index in [9.17, 15) is 27.2 Å². The number of benzene rings is 1. The van der Waals surface area contributed by atoms with Gasteiger partial charge in [0.2, 0.25) is 0 Å². The summed E-state index contributed by atoms with van der Waals surface area (Å²) < 4.78 is 65.4. The molecule has 0 N–H and O–H groups in total. The van der Waals surface area contributed by atoms with Crippen molar-refractivity contribution in [1.29, 1.82) is 0 Å². The van der Waals surface area contributed by atoms with Gasteiger partial charge in [0.1, 0.15) is 17.3 Å². The Hall–Kier alpha value is -3.34. The van der Waals surface area contributed by atoms with Crippen LogP contribution in [0.15, 0.2) is 46.1 Å². The molecule has 0 aliphatic rings. The molecule has 12 heteroatoms. The largest absolute Gasteiger partial charge is 0.475 e. The van der Waals surface area contributed by atoms with Gasteiger partial charge in [0, 0.05) is 25.4 Å². The summed E-state index contributed by atoms with van der Waals surface area (Å²) in [4.78, 5) is 28.8. The van der Waals surface area contributed by atoms with Crippen LogP contribution in [0.3, 0.4) is 0 Å². The molecule has 3 rings (SSSR count). The molecule has 0 fully saturated rings. The maximum absolute atomic E-state index is 14.6. The highest BCUT2D eigenvalue weighted by Gasteiger charge is 2.35. The molecule has 3 aromatic rings. The zero-order chi connectivity index (χ0) is 23.6. The zero-order valence-electron chi connectivity index (χ0n) is 16.7. The molecule has 0 saturated carbocycles. The normalized spacial score (nSPS) is 11.5. The van der Waals surface area contributed by atoms with Crippen molar-refractivity contribution < 1.29 is 27.0 Å². The number of rotatable bonds is 6. The lowest BCUT2D eigenvalue weighted by Gasteiger charge is -2.16. The number of hydrogen-bond donors (Lipinski definition) is 0. The molecule has 0 unspecified atom stereocenters. The predicted octanol–water partition coefficient (Wildman–Crippen LogP) is 4.32. The van der Waals surface area contributed by atoms with Crippen LogP contribution in [0.25, 0.3) is 5.69 Å². The van der Waals surface area contributed by atoms with Gasteiger partial charge in [-0.1, -0.05) is 18.5 Å². The lowest BCUT2D eigenvalue weighted by atomic mass is 10.2. The SMILES string of the molecule is CCCOc1ncccc1Oc1cc(-n2c(=O)cc(C(F)(F)F)n(C)c2=O)c(F)cc1Cl. The fourth-order valence-electron chi connectivity index (χ4n) is 2.77. The van der Waals surface area contributed by atoms with Crippen molar-refractivity contribution in [2.24, 2.45) is 7.05 Å². The zero-order valence-corrected chi connectivity index (χ0v) is 17.5. The smallest absolute Gasteiger partial charge is 0.431 e. The summed E-state index contributed by atoms with van der Waals surface area (Å²) in [7, 11) is 0.819. The van der Waals surface area contributed by atoms with Gasteiger partial charge in [-0.3, -0.25) is 9.36 Å². The van der Waals surface area contributed by atoms with Crippen molar-refractivity contribution in [1.82, 2.24) is 14.1 Å². The number of ether oxygens (including phenoxy) is 2. The highest BCUT2D eigenvalue weighted by molar-refractivity contribution is 6.32. The van der Waals surface area contributed by atoms with Gasteiger partial charge in [-0.25, -0.2) is 18.7 Å². The van der Waals surface area contributed by atoms with Crippen molar-refractivity contribution in [2.75, 3.05) is 6.61 Å². The topological polar surface area (TPSA) is 75.3 Å². The van der Waals surface area contributed by atoms with Crippen LogP contribution in [-0.2, 0) is 13.2 Å². The number of aromatic nitrogens is 3. The van der Waals surface area contributed by atoms with Crippen LogP contribution in [0.2, 0.25) is 5.02 Å². The van der Waals surface area contributed by atoms with Crippen LogP contribution >= 0.6 is 11.6 Å². The standard InChI is InChI=1S/C20H16ClF4N3O4/c1-3-7-31-18-14(5-4-6-26-18)32-15-9-13(12(22)8-11(15)21)28-17(29)10-16(20(23,24)25)27(2)19(28)30/h4-6,8-10H,3,7H2,1-2H3. The molecule has 170 valence electrons. The second kappa shape index (κ2) is 9.03. The maximum atomic E-state index is 14.6. The van der Waals surface area contributed by atoms with Gasteiger partial charge in [0.05, 0.1) is 17.3 Å². The molecule has 2 aromatic heterocycles. The number of alkyl halides is 3. The van der Waals surface area contributed by atoms with E-state index < -0.39 is 34.6 Å². The summed E-state index contributed by atoms with van der Waals surface area (Å²) in [6.45, 7) is 2.22. The van der Waals surface area contributed by atoms with E-state index in [4.69, 9.17) is 21.1 Å². The van der Waals surface area contributed by atoms with E-state index in [0.717, 1.165) is 19.2 Å². The number of nitrogens with zero attached hydrogens (tertiary/aromatic N) is 3. The number of halogens is 5. The molecular formula is C20H16ClF4N3O4. The van der Waals surface area contributed by atoms with E-state index in [0.29, 0.717) is 13.0 Å². The van der Waals surface area contributed by atoms with Crippen molar-refractivity contribution in [2.45, 2.75) is 19.5 Å². The van der Waals surface area contributed by atoms with Gasteiger partial charge >= 0.3 is 11.9 Å². The second-order valence-electron chi connectivity index (χ2n) is 6.53. The molecule has 0 aliphatic heterocycles. The Labute approximate surface area is 183 Å². The Kier molecular flexibility index (Phi) is 6.58. The first-order chi connectivity index (χ1) is 15.0. The fourth-order valence-corrected chi connectivity index (χ4v) is 2.96. The average Bonchev–Trinajstić information content (AvgIpc) is 2.72. The first-order valence-electron chi connectivity index (χ1n) is 9.20. The molecule has 0 saturated heterocycles. The lowest BCUT2D eigenvalue weighted by molar-refractivity contribution is -0.144. The first-order valence-corrected chi connectivity index (χ1v) is 9.57. The molecule has 32 heavy (non-hydrogen) atoms. The van der Waals surface area contributed by atoms with Crippen LogP contribution in [-0.4, -0.2) is 20.7 Å². The van der Waals surface area contributed by atoms with Crippen LogP contribution in [0.5, 0.6) is 17.4 Å². The first kappa shape index (κ1) is 23.3. The van der Waals surface area contributed by atoms with Crippen LogP contribution in [0.1, 0.15) is 19.0 Å². The van der Waals surface area contributed by atoms with E-state index in [1.165, 1.54) is 12.3 Å². The van der Waals surface area contributed by atoms with Crippen molar-refractivity contribution in [3.05, 3.63) is 73.9 Å². The van der Waals surface area contributed by atoms with Gasteiger partial charge in [0.15, 0.2) is 5.75 Å². The molecule has 2 heterocycles. The quantitative estimate of drug-likeness (QED) is 0.498. The van der Waals surface area contributed by atoms with Crippen molar-refractivity contribution >= 4 is 11.6 Å². The van der Waals surface area contributed by atoms with Crippen molar-refractivity contribution in [3.63, 3.8) is 0 Å². The minimum atomic E-state index is -4.95. The summed E-state index contributed by atoms with van der Waals surface area (Å²) in [6, 6.07) is 4.96.